The highest BCUT2D eigenvalue weighted by atomic mass is 35.5. The summed E-state index contributed by atoms with van der Waals surface area (Å²) in [4.78, 5) is 14.8. The lowest BCUT2D eigenvalue weighted by Crippen LogP contribution is -2.49. The molecule has 2 aromatic rings. The average molecular weight is 484 g/mol. The van der Waals surface area contributed by atoms with Crippen LogP contribution in [-0.2, 0) is 21.3 Å². The molecule has 0 radical (unpaired) electrons. The molecule has 0 bridgehead atoms. The highest BCUT2D eigenvalue weighted by Crippen LogP contribution is 2.27. The van der Waals surface area contributed by atoms with Crippen molar-refractivity contribution < 1.29 is 17.9 Å². The van der Waals surface area contributed by atoms with Crippen LogP contribution in [0.15, 0.2) is 35.5 Å². The second-order valence-corrected chi connectivity index (χ2v) is 9.82. The number of sulfonamides is 1. The first kappa shape index (κ1) is 24.5. The molecule has 1 aromatic carbocycles. The van der Waals surface area contributed by atoms with E-state index in [2.05, 4.69) is 15.3 Å². The van der Waals surface area contributed by atoms with Gasteiger partial charge in [-0.3, -0.25) is 9.48 Å². The maximum absolute atomic E-state index is 13.4. The third-order valence-electron chi connectivity index (χ3n) is 5.25. The van der Waals surface area contributed by atoms with Gasteiger partial charge < -0.3 is 15.0 Å². The van der Waals surface area contributed by atoms with Gasteiger partial charge in [-0.05, 0) is 25.0 Å². The largest absolute Gasteiger partial charge is 0.385 e. The van der Waals surface area contributed by atoms with Gasteiger partial charge in [0, 0.05) is 59.2 Å². The Morgan fingerprint density at radius 1 is 1.22 bits per heavy atom. The van der Waals surface area contributed by atoms with Crippen molar-refractivity contribution in [1.29, 1.82) is 0 Å². The zero-order valence-electron chi connectivity index (χ0n) is 18.5. The van der Waals surface area contributed by atoms with Crippen molar-refractivity contribution in [1.82, 2.24) is 19.4 Å². The third kappa shape index (κ3) is 5.61. The smallest absolute Gasteiger partial charge is 0.263 e. The van der Waals surface area contributed by atoms with Gasteiger partial charge in [0.15, 0.2) is 0 Å². The molecule has 3 rings (SSSR count). The number of ether oxygens (including phenoxy) is 1. The maximum atomic E-state index is 13.4. The molecule has 1 aliphatic heterocycles. The summed E-state index contributed by atoms with van der Waals surface area (Å²) in [5.41, 5.74) is 0.957. The molecule has 0 aliphatic carbocycles. The number of methoxy groups -OCH3 is 1. The van der Waals surface area contributed by atoms with Crippen molar-refractivity contribution in [2.24, 2.45) is 0 Å². The van der Waals surface area contributed by atoms with Crippen LogP contribution in [0.2, 0.25) is 5.02 Å². The number of carbonyl (C=O) groups excluding carboxylic acids is 1. The first-order valence-corrected chi connectivity index (χ1v) is 12.5. The van der Waals surface area contributed by atoms with Crippen molar-refractivity contribution in [3.63, 3.8) is 0 Å². The Hall–Kier alpha value is -2.14. The Balaban J connectivity index is 1.77. The number of nitrogens with one attached hydrogen (secondary N) is 1. The predicted molar refractivity (Wildman–Crippen MR) is 124 cm³/mol. The lowest BCUT2D eigenvalue weighted by Gasteiger charge is -2.35. The van der Waals surface area contributed by atoms with Crippen molar-refractivity contribution in [3.05, 3.63) is 41.0 Å². The molecular weight excluding hydrogens is 454 g/mol. The fraction of sp³-hybridized carbons (Fsp3) is 0.524. The number of anilines is 1. The van der Waals surface area contributed by atoms with E-state index in [1.165, 1.54) is 15.2 Å². The number of rotatable bonds is 10. The molecule has 0 saturated carbocycles. The molecular formula is C21H30ClN5O4S. The molecule has 1 fully saturated rings. The molecule has 2 heterocycles. The van der Waals surface area contributed by atoms with Crippen LogP contribution in [0.25, 0.3) is 0 Å². The molecule has 1 N–H and O–H groups in total. The van der Waals surface area contributed by atoms with E-state index in [9.17, 15) is 13.2 Å². The number of amides is 1. The molecule has 1 amide bonds. The van der Waals surface area contributed by atoms with E-state index >= 15 is 0 Å². The first-order chi connectivity index (χ1) is 15.4. The van der Waals surface area contributed by atoms with Crippen LogP contribution in [-0.4, -0.2) is 74.9 Å². The summed E-state index contributed by atoms with van der Waals surface area (Å²) in [6.45, 7) is 4.95. The molecule has 1 aliphatic rings. The zero-order chi connectivity index (χ0) is 23.1. The SMILES string of the molecule is CCCn1cc(C(=O)NCCCOC)c(S(=O)(=O)N2CCN(c3ccccc3Cl)CC2)n1. The normalized spacial score (nSPS) is 15.2. The van der Waals surface area contributed by atoms with Gasteiger partial charge in [-0.2, -0.15) is 9.40 Å². The summed E-state index contributed by atoms with van der Waals surface area (Å²) >= 11 is 6.29. The van der Waals surface area contributed by atoms with Gasteiger partial charge in [0.1, 0.15) is 0 Å². The molecule has 9 nitrogen and oxygen atoms in total. The number of aryl methyl sites for hydroxylation is 1. The first-order valence-electron chi connectivity index (χ1n) is 10.7. The summed E-state index contributed by atoms with van der Waals surface area (Å²) < 4.78 is 34.7. The Morgan fingerprint density at radius 3 is 2.59 bits per heavy atom. The lowest BCUT2D eigenvalue weighted by molar-refractivity contribution is 0.0945. The van der Waals surface area contributed by atoms with Gasteiger partial charge in [0.2, 0.25) is 5.03 Å². The Labute approximate surface area is 194 Å². The third-order valence-corrected chi connectivity index (χ3v) is 7.41. The van der Waals surface area contributed by atoms with E-state index in [-0.39, 0.29) is 23.7 Å². The number of piperazine rings is 1. The molecule has 1 saturated heterocycles. The van der Waals surface area contributed by atoms with Crippen LogP contribution >= 0.6 is 11.6 Å². The molecule has 11 heteroatoms. The lowest BCUT2D eigenvalue weighted by atomic mass is 10.2. The fourth-order valence-electron chi connectivity index (χ4n) is 3.61. The van der Waals surface area contributed by atoms with Crippen LogP contribution < -0.4 is 10.2 Å². The molecule has 1 aromatic heterocycles. The number of hydrogen-bond donors (Lipinski definition) is 1. The summed E-state index contributed by atoms with van der Waals surface area (Å²) in [6, 6.07) is 7.51. The van der Waals surface area contributed by atoms with E-state index in [1.807, 2.05) is 31.2 Å². The topological polar surface area (TPSA) is 96.8 Å². The number of nitrogens with zero attached hydrogens (tertiary/aromatic N) is 4. The Morgan fingerprint density at radius 2 is 1.94 bits per heavy atom. The van der Waals surface area contributed by atoms with Crippen molar-refractivity contribution in [2.45, 2.75) is 31.3 Å². The number of hydrogen-bond acceptors (Lipinski definition) is 6. The number of benzene rings is 1. The molecule has 176 valence electrons. The van der Waals surface area contributed by atoms with Crippen molar-refractivity contribution >= 4 is 33.2 Å². The predicted octanol–water partition coefficient (Wildman–Crippen LogP) is 2.22. The van der Waals surface area contributed by atoms with Crippen molar-refractivity contribution in [2.75, 3.05) is 51.3 Å². The number of carbonyl (C=O) groups is 1. The van der Waals surface area contributed by atoms with E-state index in [4.69, 9.17) is 16.3 Å². The molecule has 0 unspecified atom stereocenters. The van der Waals surface area contributed by atoms with Gasteiger partial charge in [-0.25, -0.2) is 8.42 Å². The Kier molecular flexibility index (Phi) is 8.52. The van der Waals surface area contributed by atoms with Crippen LogP contribution in [0.4, 0.5) is 5.69 Å². The van der Waals surface area contributed by atoms with Crippen molar-refractivity contribution in [3.8, 4) is 0 Å². The van der Waals surface area contributed by atoms with Gasteiger partial charge in [0.25, 0.3) is 15.9 Å². The molecule has 0 spiro atoms. The fourth-order valence-corrected chi connectivity index (χ4v) is 5.38. The van der Waals surface area contributed by atoms with E-state index < -0.39 is 15.9 Å². The molecule has 32 heavy (non-hydrogen) atoms. The standard InChI is InChI=1S/C21H30ClN5O4S/c1-3-10-26-16-17(20(28)23-9-6-15-31-2)21(24-26)32(29,30)27-13-11-25(12-14-27)19-8-5-4-7-18(19)22/h4-5,7-8,16H,3,6,9-15H2,1-2H3,(H,23,28). The van der Waals surface area contributed by atoms with Gasteiger partial charge in [-0.1, -0.05) is 30.7 Å². The summed E-state index contributed by atoms with van der Waals surface area (Å²) in [6.07, 6.45) is 2.92. The average Bonchev–Trinajstić information content (AvgIpc) is 3.22. The van der Waals surface area contributed by atoms with E-state index in [0.717, 1.165) is 12.1 Å². The second kappa shape index (κ2) is 11.1. The number of halogens is 1. The van der Waals surface area contributed by atoms with Gasteiger partial charge >= 0.3 is 0 Å². The second-order valence-electron chi connectivity index (χ2n) is 7.56. The summed E-state index contributed by atoms with van der Waals surface area (Å²) in [7, 11) is -2.34. The Bertz CT molecular complexity index is 1020. The minimum Gasteiger partial charge on any atom is -0.385 e. The van der Waals surface area contributed by atoms with Crippen LogP contribution in [0, 0.1) is 0 Å². The number of para-hydroxylation sites is 1. The van der Waals surface area contributed by atoms with Crippen LogP contribution in [0.5, 0.6) is 0 Å². The summed E-state index contributed by atoms with van der Waals surface area (Å²) in [5.74, 6) is -0.447. The van der Waals surface area contributed by atoms with Gasteiger partial charge in [0.05, 0.1) is 16.3 Å². The molecule has 0 atom stereocenters. The number of aromatic nitrogens is 2. The van der Waals surface area contributed by atoms with E-state index in [1.54, 1.807) is 7.11 Å². The minimum atomic E-state index is -3.93. The zero-order valence-corrected chi connectivity index (χ0v) is 20.0. The quantitative estimate of drug-likeness (QED) is 0.520. The van der Waals surface area contributed by atoms with E-state index in [0.29, 0.717) is 44.2 Å². The summed E-state index contributed by atoms with van der Waals surface area (Å²) in [5, 5.41) is 7.47. The highest BCUT2D eigenvalue weighted by Gasteiger charge is 2.35. The maximum Gasteiger partial charge on any atom is 0.263 e. The highest BCUT2D eigenvalue weighted by molar-refractivity contribution is 7.89. The monoisotopic (exact) mass is 483 g/mol. The van der Waals surface area contributed by atoms with Crippen LogP contribution in [0.1, 0.15) is 30.1 Å². The van der Waals surface area contributed by atoms with Gasteiger partial charge in [-0.15, -0.1) is 0 Å². The minimum absolute atomic E-state index is 0.0735. The van der Waals surface area contributed by atoms with Crippen LogP contribution in [0.3, 0.4) is 0 Å².